The minimum atomic E-state index is -4.04. The molecule has 7 rings (SSSR count). The molecule has 2 saturated heterocycles. The molecule has 16 nitrogen and oxygen atoms in total. The molecule has 4 fully saturated rings. The van der Waals surface area contributed by atoms with Gasteiger partial charge in [-0.15, -0.1) is 0 Å². The Kier molecular flexibility index (Phi) is 11.1. The van der Waals surface area contributed by atoms with Gasteiger partial charge in [0.25, 0.3) is 5.91 Å². The first-order valence-corrected chi connectivity index (χ1v) is 21.0. The van der Waals surface area contributed by atoms with Gasteiger partial charge in [-0.3, -0.25) is 19.1 Å². The molecule has 7 atom stereocenters. The molecule has 18 heteroatoms. The zero-order valence-electron chi connectivity index (χ0n) is 32.6. The molecule has 0 spiro atoms. The number of aromatic nitrogens is 1. The fourth-order valence-corrected chi connectivity index (χ4v) is 9.71. The van der Waals surface area contributed by atoms with E-state index in [-0.39, 0.29) is 36.9 Å². The number of methoxy groups -OCH3 is 1. The molecule has 5 aliphatic rings. The number of pyridine rings is 1. The van der Waals surface area contributed by atoms with E-state index in [0.717, 1.165) is 0 Å². The van der Waals surface area contributed by atoms with E-state index < -0.39 is 80.0 Å². The van der Waals surface area contributed by atoms with E-state index in [1.165, 1.54) is 18.1 Å². The van der Waals surface area contributed by atoms with Crippen LogP contribution in [0.4, 0.5) is 14.9 Å². The fraction of sp³-hybridized carbons (Fsp3) is 0.615. The van der Waals surface area contributed by atoms with Crippen LogP contribution in [0.15, 0.2) is 30.5 Å². The van der Waals surface area contributed by atoms with Crippen LogP contribution in [-0.4, -0.2) is 116 Å². The Morgan fingerprint density at radius 3 is 2.54 bits per heavy atom. The fourth-order valence-electron chi connectivity index (χ4n) is 8.40. The van der Waals surface area contributed by atoms with E-state index in [9.17, 15) is 32.7 Å². The molecule has 3 aliphatic heterocycles. The number of nitrogens with zero attached hydrogens (tertiary/aromatic N) is 3. The van der Waals surface area contributed by atoms with Crippen molar-refractivity contribution in [3.8, 4) is 11.6 Å². The number of carbonyl (C=O) groups excluding carboxylic acids is 3. The van der Waals surface area contributed by atoms with E-state index in [2.05, 4.69) is 25.2 Å². The lowest BCUT2D eigenvalue weighted by Gasteiger charge is -2.32. The van der Waals surface area contributed by atoms with Crippen molar-refractivity contribution in [1.82, 2.24) is 25.2 Å². The van der Waals surface area contributed by atoms with Gasteiger partial charge in [-0.25, -0.2) is 22.6 Å². The van der Waals surface area contributed by atoms with Crippen LogP contribution in [0.2, 0.25) is 0 Å². The van der Waals surface area contributed by atoms with E-state index in [4.69, 9.17) is 14.2 Å². The minimum absolute atomic E-state index is 0.0221. The normalized spacial score (nSPS) is 30.3. The molecule has 2 saturated carbocycles. The number of allylic oxidation sites excluding steroid dienone is 1. The highest BCUT2D eigenvalue weighted by Gasteiger charge is 2.63. The number of sulfonamides is 1. The van der Waals surface area contributed by atoms with Gasteiger partial charge in [-0.2, -0.15) is 0 Å². The van der Waals surface area contributed by atoms with Crippen LogP contribution in [0.25, 0.3) is 10.8 Å². The molecule has 1 aromatic heterocycles. The van der Waals surface area contributed by atoms with Crippen molar-refractivity contribution in [2.24, 2.45) is 17.8 Å². The molecule has 57 heavy (non-hydrogen) atoms. The third-order valence-corrected chi connectivity index (χ3v) is 14.4. The molecule has 4 amide bonds. The second-order valence-corrected chi connectivity index (χ2v) is 18.7. The number of ether oxygens (including phenoxy) is 3. The van der Waals surface area contributed by atoms with Gasteiger partial charge < -0.3 is 39.8 Å². The molecule has 4 N–H and O–H groups in total. The highest BCUT2D eigenvalue weighted by atomic mass is 32.2. The predicted molar refractivity (Wildman–Crippen MR) is 206 cm³/mol. The molecule has 0 unspecified atom stereocenters. The van der Waals surface area contributed by atoms with Gasteiger partial charge in [-0.1, -0.05) is 26.0 Å². The molecular formula is C39H51FN6O10S. The van der Waals surface area contributed by atoms with Crippen molar-refractivity contribution < 1.29 is 51.3 Å². The number of hydrogen-bond acceptors (Lipinski definition) is 11. The number of hydrogen-bond donors (Lipinski definition) is 4. The number of anilines is 1. The van der Waals surface area contributed by atoms with Crippen molar-refractivity contribution in [1.29, 1.82) is 0 Å². The smallest absolute Gasteiger partial charge is 0.405 e. The van der Waals surface area contributed by atoms with Crippen LogP contribution >= 0.6 is 0 Å². The number of morpholine rings is 1. The number of amides is 4. The summed E-state index contributed by atoms with van der Waals surface area (Å²) >= 11 is 0. The number of nitrogens with one attached hydrogen (secondary N) is 3. The maximum atomic E-state index is 15.3. The SMILES string of the molecule is COc1cc2c(N3CCOCC3)cnc(O[C@@H]3C[C@H]4C(=O)N[C@]5(C(=O)NS(=O)(=O)C6(C)CC6)C[C@H]5C=CCC[C@@H](C)C[C@@H](C)[C@H](NC(=O)O)C(=O)N4C3)c2cc1F. The average Bonchev–Trinajstić information content (AvgIpc) is 4.05. The number of rotatable bonds is 8. The zero-order valence-corrected chi connectivity index (χ0v) is 33.4. The lowest BCUT2D eigenvalue weighted by atomic mass is 9.88. The summed E-state index contributed by atoms with van der Waals surface area (Å²) in [7, 11) is -2.67. The van der Waals surface area contributed by atoms with E-state index in [0.29, 0.717) is 74.9 Å². The first kappa shape index (κ1) is 40.5. The Bertz CT molecular complexity index is 2070. The van der Waals surface area contributed by atoms with Crippen LogP contribution < -0.4 is 29.7 Å². The number of carbonyl (C=O) groups is 4. The first-order valence-electron chi connectivity index (χ1n) is 19.6. The summed E-state index contributed by atoms with van der Waals surface area (Å²) in [5, 5.41) is 16.0. The van der Waals surface area contributed by atoms with Gasteiger partial charge in [0.15, 0.2) is 11.6 Å². The van der Waals surface area contributed by atoms with Crippen molar-refractivity contribution in [3.63, 3.8) is 0 Å². The van der Waals surface area contributed by atoms with Crippen molar-refractivity contribution in [3.05, 3.63) is 36.3 Å². The maximum Gasteiger partial charge on any atom is 0.405 e. The molecule has 2 aromatic rings. The largest absolute Gasteiger partial charge is 0.494 e. The van der Waals surface area contributed by atoms with Crippen LogP contribution in [-0.2, 0) is 29.1 Å². The van der Waals surface area contributed by atoms with Crippen LogP contribution in [0.5, 0.6) is 11.6 Å². The van der Waals surface area contributed by atoms with Crippen molar-refractivity contribution >= 4 is 50.3 Å². The molecule has 0 bridgehead atoms. The van der Waals surface area contributed by atoms with Gasteiger partial charge in [0.2, 0.25) is 27.7 Å². The van der Waals surface area contributed by atoms with E-state index in [1.807, 2.05) is 19.1 Å². The maximum absolute atomic E-state index is 15.3. The Morgan fingerprint density at radius 2 is 1.86 bits per heavy atom. The van der Waals surface area contributed by atoms with Crippen LogP contribution in [0, 0.1) is 23.6 Å². The first-order chi connectivity index (χ1) is 27.1. The quantitative estimate of drug-likeness (QED) is 0.284. The Hall–Kier alpha value is -4.71. The lowest BCUT2D eigenvalue weighted by Crippen LogP contribution is -2.59. The molecule has 4 heterocycles. The molecule has 1 aromatic carbocycles. The van der Waals surface area contributed by atoms with Crippen molar-refractivity contribution in [2.75, 3.05) is 44.9 Å². The van der Waals surface area contributed by atoms with E-state index in [1.54, 1.807) is 26.1 Å². The number of fused-ring (bicyclic) bond motifs is 3. The van der Waals surface area contributed by atoms with Gasteiger partial charge in [-0.05, 0) is 69.4 Å². The number of benzene rings is 1. The summed E-state index contributed by atoms with van der Waals surface area (Å²) in [4.78, 5) is 62.8. The Morgan fingerprint density at radius 1 is 1.12 bits per heavy atom. The summed E-state index contributed by atoms with van der Waals surface area (Å²) in [6.45, 7) is 7.34. The van der Waals surface area contributed by atoms with Gasteiger partial charge in [0.1, 0.15) is 23.7 Å². The summed E-state index contributed by atoms with van der Waals surface area (Å²) < 4.78 is 60.0. The predicted octanol–water partition coefficient (Wildman–Crippen LogP) is 3.09. The summed E-state index contributed by atoms with van der Waals surface area (Å²) in [5.41, 5.74) is -0.881. The van der Waals surface area contributed by atoms with Crippen molar-refractivity contribution in [2.45, 2.75) is 94.2 Å². The Balaban J connectivity index is 1.23. The molecule has 2 aliphatic carbocycles. The van der Waals surface area contributed by atoms with Crippen LogP contribution in [0.3, 0.4) is 0 Å². The summed E-state index contributed by atoms with van der Waals surface area (Å²) in [5.74, 6) is -3.69. The molecule has 0 radical (unpaired) electrons. The second-order valence-electron chi connectivity index (χ2n) is 16.5. The molecule has 310 valence electrons. The minimum Gasteiger partial charge on any atom is -0.494 e. The highest BCUT2D eigenvalue weighted by Crippen LogP contribution is 2.48. The number of carboxylic acid groups (broad SMARTS) is 1. The monoisotopic (exact) mass is 814 g/mol. The van der Waals surface area contributed by atoms with Crippen LogP contribution in [0.1, 0.15) is 65.7 Å². The van der Waals surface area contributed by atoms with Gasteiger partial charge >= 0.3 is 6.09 Å². The summed E-state index contributed by atoms with van der Waals surface area (Å²) in [6.07, 6.45) is 5.75. The third kappa shape index (κ3) is 8.07. The van der Waals surface area contributed by atoms with Gasteiger partial charge in [0, 0.05) is 36.2 Å². The average molecular weight is 815 g/mol. The summed E-state index contributed by atoms with van der Waals surface area (Å²) in [6, 6.07) is 0.363. The number of halogens is 1. The topological polar surface area (TPSA) is 206 Å². The highest BCUT2D eigenvalue weighted by molar-refractivity contribution is 7.91. The second kappa shape index (κ2) is 15.6. The standard InChI is InChI=1S/C39H51FN6O10S/c1-22-7-5-6-8-24-19-39(24,36(49)44-57(52,53)38(3)9-10-38)43-33(47)29-16-25(21-46(29)35(48)32(23(2)15-22)42-37(50)51)56-34-27-17-28(40)31(54-4)18-26(27)30(20-41-34)45-11-13-55-14-12-45/h6,8,17-18,20,22-25,29,32,42H,5,7,9-16,19,21H2,1-4H3,(H,43,47)(H,44,49)(H,50,51)/t22-,23-,24-,25-,29+,32+,39-/m1/s1. The van der Waals surface area contributed by atoms with Gasteiger partial charge in [0.05, 0.1) is 43.5 Å². The third-order valence-electron chi connectivity index (χ3n) is 12.3. The molecular weight excluding hydrogens is 764 g/mol. The lowest BCUT2D eigenvalue weighted by molar-refractivity contribution is -0.142. The zero-order chi connectivity index (χ0) is 40.9. The van der Waals surface area contributed by atoms with E-state index >= 15 is 4.39 Å². The Labute approximate surface area is 330 Å².